The maximum absolute atomic E-state index is 11.3. The summed E-state index contributed by atoms with van der Waals surface area (Å²) in [6.07, 6.45) is 1.22. The summed E-state index contributed by atoms with van der Waals surface area (Å²) in [5.41, 5.74) is 0.209. The molecular formula is C10H17O4P. The Morgan fingerprint density at radius 2 is 2.07 bits per heavy atom. The minimum atomic E-state index is -2.80. The van der Waals surface area contributed by atoms with Crippen molar-refractivity contribution in [2.24, 2.45) is 0 Å². The van der Waals surface area contributed by atoms with Crippen molar-refractivity contribution in [3.63, 3.8) is 0 Å². The summed E-state index contributed by atoms with van der Waals surface area (Å²) in [6.45, 7) is 8.45. The van der Waals surface area contributed by atoms with Crippen molar-refractivity contribution in [1.82, 2.24) is 0 Å². The van der Waals surface area contributed by atoms with E-state index in [9.17, 15) is 14.3 Å². The van der Waals surface area contributed by atoms with Gasteiger partial charge >= 0.3 is 19.3 Å². The third kappa shape index (κ3) is 3.73. The normalized spacial score (nSPS) is 15.3. The molecule has 0 rings (SSSR count). The molecule has 4 nitrogen and oxygen atoms in total. The van der Waals surface area contributed by atoms with E-state index in [1.807, 2.05) is 6.92 Å². The monoisotopic (exact) mass is 232 g/mol. The Bertz CT molecular complexity index is 275. The lowest BCUT2D eigenvalue weighted by Gasteiger charge is -2.23. The lowest BCUT2D eigenvalue weighted by Crippen LogP contribution is -2.33. The van der Waals surface area contributed by atoms with Gasteiger partial charge in [0.05, 0.1) is 0 Å². The fourth-order valence-electron chi connectivity index (χ4n) is 1.21. The van der Waals surface area contributed by atoms with Crippen LogP contribution in [-0.4, -0.2) is 11.3 Å². The van der Waals surface area contributed by atoms with Crippen LogP contribution in [0.1, 0.15) is 40.0 Å². The van der Waals surface area contributed by atoms with E-state index in [4.69, 9.17) is 4.74 Å². The molecule has 0 aliphatic rings. The zero-order valence-corrected chi connectivity index (χ0v) is 10.3. The Morgan fingerprint density at radius 3 is 2.33 bits per heavy atom. The molecule has 0 fully saturated rings. The van der Waals surface area contributed by atoms with Gasteiger partial charge in [-0.1, -0.05) is 25.0 Å². The molecule has 0 radical (unpaired) electrons. The first-order valence-electron chi connectivity index (χ1n) is 4.93. The van der Waals surface area contributed by atoms with Crippen LogP contribution in [0.4, 0.5) is 0 Å². The fraction of sp³-hybridized carbons (Fsp3) is 0.700. The second kappa shape index (κ2) is 5.99. The molecule has 5 heteroatoms. The summed E-state index contributed by atoms with van der Waals surface area (Å²) in [4.78, 5) is 22.4. The predicted molar refractivity (Wildman–Crippen MR) is 56.4 cm³/mol. The summed E-state index contributed by atoms with van der Waals surface area (Å²) >= 11 is 0. The number of hydrogen-bond acceptors (Lipinski definition) is 4. The molecule has 0 spiro atoms. The largest absolute Gasteiger partial charge is 0.592 e. The first-order valence-corrected chi connectivity index (χ1v) is 6.10. The number of ether oxygens (including phenoxy) is 1. The summed E-state index contributed by atoms with van der Waals surface area (Å²) in [7, 11) is -2.80. The van der Waals surface area contributed by atoms with Gasteiger partial charge in [0.15, 0.2) is 0 Å². The van der Waals surface area contributed by atoms with E-state index in [1.54, 1.807) is 6.92 Å². The molecule has 0 saturated carbocycles. The maximum atomic E-state index is 11.3. The van der Waals surface area contributed by atoms with Crippen LogP contribution in [0.15, 0.2) is 12.2 Å². The Balaban J connectivity index is 4.84. The van der Waals surface area contributed by atoms with E-state index in [-0.39, 0.29) is 12.0 Å². The van der Waals surface area contributed by atoms with Gasteiger partial charge in [0, 0.05) is 18.4 Å². The van der Waals surface area contributed by atoms with Crippen molar-refractivity contribution < 1.29 is 19.0 Å². The Hall–Kier alpha value is -0.730. The van der Waals surface area contributed by atoms with Crippen LogP contribution in [0.2, 0.25) is 0 Å². The third-order valence-corrected chi connectivity index (χ3v) is 3.45. The topological polar surface area (TPSA) is 66.4 Å². The molecule has 0 aromatic rings. The van der Waals surface area contributed by atoms with Crippen molar-refractivity contribution in [1.29, 1.82) is 0 Å². The van der Waals surface area contributed by atoms with Gasteiger partial charge in [-0.2, -0.15) is 0 Å². The lowest BCUT2D eigenvalue weighted by molar-refractivity contribution is -0.188. The highest BCUT2D eigenvalue weighted by atomic mass is 31.1. The average Bonchev–Trinajstić information content (AvgIpc) is 2.16. The fourth-order valence-corrected chi connectivity index (χ4v) is 2.03. The number of hydrogen-bond donors (Lipinski definition) is 0. The van der Waals surface area contributed by atoms with Crippen LogP contribution in [0.25, 0.3) is 0 Å². The highest BCUT2D eigenvalue weighted by Crippen LogP contribution is 2.40. The van der Waals surface area contributed by atoms with Crippen molar-refractivity contribution in [2.45, 2.75) is 45.4 Å². The van der Waals surface area contributed by atoms with Gasteiger partial charge in [0.2, 0.25) is 0 Å². The van der Waals surface area contributed by atoms with Crippen LogP contribution in [-0.2, 0) is 14.1 Å². The number of carbonyl (C=O) groups is 1. The van der Waals surface area contributed by atoms with Gasteiger partial charge in [-0.15, -0.1) is 0 Å². The minimum Gasteiger partial charge on any atom is -0.592 e. The molecule has 0 saturated heterocycles. The molecule has 0 aliphatic carbocycles. The zero-order chi connectivity index (χ0) is 12.1. The first kappa shape index (κ1) is 14.3. The van der Waals surface area contributed by atoms with Crippen molar-refractivity contribution >= 4 is 14.0 Å². The molecule has 0 aromatic carbocycles. The molecule has 2 unspecified atom stereocenters. The highest BCUT2D eigenvalue weighted by Gasteiger charge is 2.44. The predicted octanol–water partition coefficient (Wildman–Crippen LogP) is 2.11. The summed E-state index contributed by atoms with van der Waals surface area (Å²) in [5, 5.41) is -1.36. The van der Waals surface area contributed by atoms with Crippen LogP contribution in [0, 0.1) is 0 Å². The molecule has 0 N–H and O–H groups in total. The van der Waals surface area contributed by atoms with E-state index >= 15 is 0 Å². The molecule has 0 amide bonds. The molecule has 2 atom stereocenters. The molecule has 15 heavy (non-hydrogen) atoms. The van der Waals surface area contributed by atoms with Crippen LogP contribution >= 0.6 is 8.03 Å². The molecule has 0 heterocycles. The van der Waals surface area contributed by atoms with Crippen molar-refractivity contribution in [3.05, 3.63) is 12.2 Å². The van der Waals surface area contributed by atoms with E-state index in [0.717, 1.165) is 0 Å². The lowest BCUT2D eigenvalue weighted by atomic mass is 10.1. The van der Waals surface area contributed by atoms with Crippen LogP contribution in [0.5, 0.6) is 0 Å². The molecule has 86 valence electrons. The van der Waals surface area contributed by atoms with Gasteiger partial charge in [-0.25, -0.2) is 4.79 Å². The summed E-state index contributed by atoms with van der Waals surface area (Å²) < 4.78 is 16.1. The SMILES string of the molecule is C=C(C)C(=O)OC(CC)(CCC)[P+](=O)[O-]. The Kier molecular flexibility index (Phi) is 5.69. The Morgan fingerprint density at radius 1 is 1.53 bits per heavy atom. The van der Waals surface area contributed by atoms with E-state index < -0.39 is 19.3 Å². The van der Waals surface area contributed by atoms with E-state index in [2.05, 4.69) is 6.58 Å². The molecule has 0 aromatic heterocycles. The van der Waals surface area contributed by atoms with Crippen LogP contribution in [0.3, 0.4) is 0 Å². The number of carbonyl (C=O) groups excluding carboxylic acids is 1. The van der Waals surface area contributed by atoms with Crippen molar-refractivity contribution in [2.75, 3.05) is 0 Å². The summed E-state index contributed by atoms with van der Waals surface area (Å²) in [5.74, 6) is -0.649. The van der Waals surface area contributed by atoms with Gasteiger partial charge < -0.3 is 9.63 Å². The number of esters is 1. The van der Waals surface area contributed by atoms with E-state index in [1.165, 1.54) is 6.92 Å². The number of rotatable bonds is 6. The molecule has 0 bridgehead atoms. The second-order valence-electron chi connectivity index (χ2n) is 3.48. The van der Waals surface area contributed by atoms with Gasteiger partial charge in [-0.05, 0) is 13.3 Å². The molecule has 0 aliphatic heterocycles. The van der Waals surface area contributed by atoms with Gasteiger partial charge in [0.1, 0.15) is 0 Å². The minimum absolute atomic E-state index is 0.209. The highest BCUT2D eigenvalue weighted by molar-refractivity contribution is 7.38. The third-order valence-electron chi connectivity index (χ3n) is 2.16. The average molecular weight is 232 g/mol. The first-order chi connectivity index (χ1) is 6.89. The smallest absolute Gasteiger partial charge is 0.357 e. The zero-order valence-electron chi connectivity index (χ0n) is 9.41. The van der Waals surface area contributed by atoms with Gasteiger partial charge in [-0.3, -0.25) is 0 Å². The Labute approximate surface area is 91.2 Å². The van der Waals surface area contributed by atoms with Crippen molar-refractivity contribution in [3.8, 4) is 0 Å². The van der Waals surface area contributed by atoms with E-state index in [0.29, 0.717) is 12.8 Å². The summed E-state index contributed by atoms with van der Waals surface area (Å²) in [6, 6.07) is 0. The van der Waals surface area contributed by atoms with Crippen LogP contribution < -0.4 is 4.89 Å². The molecular weight excluding hydrogens is 215 g/mol. The second-order valence-corrected chi connectivity index (χ2v) is 4.81. The standard InChI is InChI=1S/C10H17O4P/c1-5-7-10(6-2,15(12)13)14-9(11)8(3)4/h3,5-7H2,1-2,4H3. The van der Waals surface area contributed by atoms with Gasteiger partial charge in [0.25, 0.3) is 0 Å². The quantitative estimate of drug-likeness (QED) is 0.399. The maximum Gasteiger partial charge on any atom is 0.357 e.